The highest BCUT2D eigenvalue weighted by Gasteiger charge is 2.07. The number of rotatable bonds is 3. The van der Waals surface area contributed by atoms with Crippen LogP contribution in [-0.4, -0.2) is 18.1 Å². The highest BCUT2D eigenvalue weighted by atomic mass is 35.5. The van der Waals surface area contributed by atoms with Crippen molar-refractivity contribution >= 4 is 23.1 Å². The van der Waals surface area contributed by atoms with Crippen LogP contribution in [0.2, 0.25) is 5.02 Å². The van der Waals surface area contributed by atoms with Gasteiger partial charge in [-0.3, -0.25) is 0 Å². The Labute approximate surface area is 83.5 Å². The Morgan fingerprint density at radius 3 is 2.54 bits per heavy atom. The molecule has 1 heterocycles. The summed E-state index contributed by atoms with van der Waals surface area (Å²) in [7, 11) is 0. The Morgan fingerprint density at radius 2 is 2.08 bits per heavy atom. The predicted octanol–water partition coefficient (Wildman–Crippen LogP) is 2.16. The second-order valence-corrected chi connectivity index (χ2v) is 3.15. The lowest BCUT2D eigenvalue weighted by Crippen LogP contribution is -2.23. The summed E-state index contributed by atoms with van der Waals surface area (Å²) < 4.78 is 0. The summed E-state index contributed by atoms with van der Waals surface area (Å²) >= 11 is 6.00. The SMILES string of the molecule is CCN(CC)c1ncc(N)cc1Cl. The molecule has 1 aromatic heterocycles. The summed E-state index contributed by atoms with van der Waals surface area (Å²) in [5, 5.41) is 0.615. The number of nitrogens with two attached hydrogens (primary N) is 1. The van der Waals surface area contributed by atoms with Gasteiger partial charge in [0.2, 0.25) is 0 Å². The van der Waals surface area contributed by atoms with E-state index in [-0.39, 0.29) is 0 Å². The van der Waals surface area contributed by atoms with E-state index < -0.39 is 0 Å². The number of halogens is 1. The second kappa shape index (κ2) is 4.33. The normalized spacial score (nSPS) is 10.1. The number of hydrogen-bond acceptors (Lipinski definition) is 3. The topological polar surface area (TPSA) is 42.2 Å². The minimum atomic E-state index is 0.598. The second-order valence-electron chi connectivity index (χ2n) is 2.75. The summed E-state index contributed by atoms with van der Waals surface area (Å²) in [5.74, 6) is 0.806. The first-order valence-electron chi connectivity index (χ1n) is 4.35. The standard InChI is InChI=1S/C9H14ClN3/c1-3-13(4-2)9-8(10)5-7(11)6-12-9/h5-6H,3-4,11H2,1-2H3. The zero-order valence-electron chi connectivity index (χ0n) is 7.92. The zero-order valence-corrected chi connectivity index (χ0v) is 8.67. The smallest absolute Gasteiger partial charge is 0.147 e. The summed E-state index contributed by atoms with van der Waals surface area (Å²) in [5.41, 5.74) is 6.14. The van der Waals surface area contributed by atoms with Crippen LogP contribution in [0.3, 0.4) is 0 Å². The van der Waals surface area contributed by atoms with Gasteiger partial charge in [-0.05, 0) is 19.9 Å². The van der Waals surface area contributed by atoms with Gasteiger partial charge in [-0.2, -0.15) is 0 Å². The quantitative estimate of drug-likeness (QED) is 0.812. The van der Waals surface area contributed by atoms with Crippen LogP contribution < -0.4 is 10.6 Å². The minimum absolute atomic E-state index is 0.598. The van der Waals surface area contributed by atoms with Crippen LogP contribution in [0.1, 0.15) is 13.8 Å². The molecule has 0 aliphatic rings. The third-order valence-electron chi connectivity index (χ3n) is 1.91. The number of nitrogens with zero attached hydrogens (tertiary/aromatic N) is 2. The molecule has 4 heteroatoms. The first kappa shape index (κ1) is 10.1. The largest absolute Gasteiger partial charge is 0.397 e. The fourth-order valence-electron chi connectivity index (χ4n) is 1.20. The average Bonchev–Trinajstić information content (AvgIpc) is 2.10. The molecule has 0 fully saturated rings. The molecule has 0 saturated carbocycles. The van der Waals surface area contributed by atoms with Crippen LogP contribution in [0.15, 0.2) is 12.3 Å². The van der Waals surface area contributed by atoms with E-state index >= 15 is 0 Å². The van der Waals surface area contributed by atoms with Gasteiger partial charge >= 0.3 is 0 Å². The van der Waals surface area contributed by atoms with Crippen molar-refractivity contribution in [1.29, 1.82) is 0 Å². The third kappa shape index (κ3) is 2.25. The maximum Gasteiger partial charge on any atom is 0.147 e. The van der Waals surface area contributed by atoms with Gasteiger partial charge in [0.05, 0.1) is 16.9 Å². The summed E-state index contributed by atoms with van der Waals surface area (Å²) in [6, 6.07) is 1.72. The van der Waals surface area contributed by atoms with Gasteiger partial charge in [0, 0.05) is 13.1 Å². The Kier molecular flexibility index (Phi) is 3.37. The number of anilines is 2. The van der Waals surface area contributed by atoms with Crippen molar-refractivity contribution in [3.05, 3.63) is 17.3 Å². The molecule has 0 radical (unpaired) electrons. The van der Waals surface area contributed by atoms with E-state index in [9.17, 15) is 0 Å². The van der Waals surface area contributed by atoms with E-state index in [2.05, 4.69) is 23.7 Å². The fourth-order valence-corrected chi connectivity index (χ4v) is 1.50. The Hall–Kier alpha value is -0.960. The molecule has 0 saturated heterocycles. The number of nitrogen functional groups attached to an aromatic ring is 1. The van der Waals surface area contributed by atoms with Crippen LogP contribution in [0.5, 0.6) is 0 Å². The van der Waals surface area contributed by atoms with E-state index in [4.69, 9.17) is 17.3 Å². The first-order chi connectivity index (χ1) is 6.19. The maximum absolute atomic E-state index is 6.00. The van der Waals surface area contributed by atoms with Crippen molar-refractivity contribution in [1.82, 2.24) is 4.98 Å². The van der Waals surface area contributed by atoms with Crippen molar-refractivity contribution in [3.63, 3.8) is 0 Å². The summed E-state index contributed by atoms with van der Waals surface area (Å²) in [6.45, 7) is 5.93. The van der Waals surface area contributed by atoms with Gasteiger partial charge in [-0.15, -0.1) is 0 Å². The van der Waals surface area contributed by atoms with E-state index in [1.807, 2.05) is 0 Å². The van der Waals surface area contributed by atoms with Crippen molar-refractivity contribution < 1.29 is 0 Å². The van der Waals surface area contributed by atoms with Crippen LogP contribution in [0.4, 0.5) is 11.5 Å². The Bertz CT molecular complexity index is 284. The molecule has 0 aliphatic heterocycles. The zero-order chi connectivity index (χ0) is 9.84. The van der Waals surface area contributed by atoms with Gasteiger partial charge in [0.15, 0.2) is 0 Å². The molecule has 13 heavy (non-hydrogen) atoms. The molecule has 0 spiro atoms. The van der Waals surface area contributed by atoms with E-state index in [1.54, 1.807) is 12.3 Å². The average molecular weight is 200 g/mol. The lowest BCUT2D eigenvalue weighted by atomic mass is 10.4. The summed E-state index contributed by atoms with van der Waals surface area (Å²) in [4.78, 5) is 6.27. The number of pyridine rings is 1. The molecular formula is C9H14ClN3. The first-order valence-corrected chi connectivity index (χ1v) is 4.72. The fraction of sp³-hybridized carbons (Fsp3) is 0.444. The van der Waals surface area contributed by atoms with Gasteiger partial charge in [-0.1, -0.05) is 11.6 Å². The maximum atomic E-state index is 6.00. The van der Waals surface area contributed by atoms with Crippen molar-refractivity contribution in [2.24, 2.45) is 0 Å². The Balaban J connectivity index is 2.99. The molecule has 2 N–H and O–H groups in total. The molecule has 1 aromatic rings. The molecular weight excluding hydrogens is 186 g/mol. The molecule has 0 unspecified atom stereocenters. The van der Waals surface area contributed by atoms with Crippen LogP contribution in [-0.2, 0) is 0 Å². The third-order valence-corrected chi connectivity index (χ3v) is 2.18. The van der Waals surface area contributed by atoms with Crippen LogP contribution in [0.25, 0.3) is 0 Å². The monoisotopic (exact) mass is 199 g/mol. The molecule has 0 bridgehead atoms. The molecule has 3 nitrogen and oxygen atoms in total. The predicted molar refractivity (Wildman–Crippen MR) is 57.2 cm³/mol. The molecule has 0 amide bonds. The van der Waals surface area contributed by atoms with Crippen molar-refractivity contribution in [2.75, 3.05) is 23.7 Å². The number of aromatic nitrogens is 1. The van der Waals surface area contributed by atoms with E-state index in [1.165, 1.54) is 0 Å². The van der Waals surface area contributed by atoms with Gasteiger partial charge in [0.1, 0.15) is 5.82 Å². The highest BCUT2D eigenvalue weighted by molar-refractivity contribution is 6.33. The van der Waals surface area contributed by atoms with E-state index in [0.29, 0.717) is 10.7 Å². The molecule has 1 rings (SSSR count). The number of hydrogen-bond donors (Lipinski definition) is 1. The van der Waals surface area contributed by atoms with Gasteiger partial charge in [0.25, 0.3) is 0 Å². The van der Waals surface area contributed by atoms with Crippen LogP contribution >= 0.6 is 11.6 Å². The van der Waals surface area contributed by atoms with Crippen molar-refractivity contribution in [2.45, 2.75) is 13.8 Å². The highest BCUT2D eigenvalue weighted by Crippen LogP contribution is 2.24. The molecule has 0 atom stereocenters. The lowest BCUT2D eigenvalue weighted by Gasteiger charge is -2.20. The molecule has 0 aliphatic carbocycles. The minimum Gasteiger partial charge on any atom is -0.397 e. The van der Waals surface area contributed by atoms with Gasteiger partial charge in [-0.25, -0.2) is 4.98 Å². The lowest BCUT2D eigenvalue weighted by molar-refractivity contribution is 0.846. The van der Waals surface area contributed by atoms with E-state index in [0.717, 1.165) is 18.9 Å². The van der Waals surface area contributed by atoms with Crippen LogP contribution in [0, 0.1) is 0 Å². The van der Waals surface area contributed by atoms with Gasteiger partial charge < -0.3 is 10.6 Å². The summed E-state index contributed by atoms with van der Waals surface area (Å²) in [6.07, 6.45) is 1.62. The molecule has 72 valence electrons. The van der Waals surface area contributed by atoms with Crippen molar-refractivity contribution in [3.8, 4) is 0 Å². The molecule has 0 aromatic carbocycles. The Morgan fingerprint density at radius 1 is 1.46 bits per heavy atom.